The molecule has 0 spiro atoms. The number of carbonyl (C=O) groups excluding carboxylic acids is 3. The van der Waals surface area contributed by atoms with Crippen LogP contribution < -0.4 is 0 Å². The highest BCUT2D eigenvalue weighted by molar-refractivity contribution is 6.21. The minimum Gasteiger partial charge on any atom is -0.444 e. The Kier molecular flexibility index (Phi) is 4.28. The molecule has 0 bridgehead atoms. The fourth-order valence-electron chi connectivity index (χ4n) is 3.34. The molecule has 2 heterocycles. The van der Waals surface area contributed by atoms with Crippen LogP contribution in [0.5, 0.6) is 0 Å². The fraction of sp³-hybridized carbons (Fsp3) is 0.500. The van der Waals surface area contributed by atoms with Crippen molar-refractivity contribution in [2.75, 3.05) is 13.2 Å². The quantitative estimate of drug-likeness (QED) is 0.823. The topological polar surface area (TPSA) is 87.2 Å². The minimum absolute atomic E-state index is 0.158. The molecule has 0 radical (unpaired) electrons. The molecular formula is C18H22N2O5. The van der Waals surface area contributed by atoms with Gasteiger partial charge in [0.25, 0.3) is 11.8 Å². The predicted molar refractivity (Wildman–Crippen MR) is 89.2 cm³/mol. The van der Waals surface area contributed by atoms with Crippen molar-refractivity contribution in [1.82, 2.24) is 9.80 Å². The molecule has 2 aliphatic rings. The molecule has 7 heteroatoms. The molecular weight excluding hydrogens is 324 g/mol. The van der Waals surface area contributed by atoms with E-state index in [4.69, 9.17) is 4.74 Å². The van der Waals surface area contributed by atoms with Gasteiger partial charge in [-0.05, 0) is 39.3 Å². The maximum Gasteiger partial charge on any atom is 0.410 e. The molecule has 1 aromatic rings. The average molecular weight is 346 g/mol. The molecule has 3 rings (SSSR count). The number of aliphatic hydroxyl groups is 1. The first-order valence-corrected chi connectivity index (χ1v) is 8.30. The molecule has 1 aromatic carbocycles. The van der Waals surface area contributed by atoms with Crippen molar-refractivity contribution < 1.29 is 24.2 Å². The third-order valence-corrected chi connectivity index (χ3v) is 4.42. The van der Waals surface area contributed by atoms with Gasteiger partial charge in [0.15, 0.2) is 0 Å². The zero-order valence-corrected chi connectivity index (χ0v) is 14.6. The monoisotopic (exact) mass is 346 g/mol. The summed E-state index contributed by atoms with van der Waals surface area (Å²) in [6.45, 7) is 5.19. The van der Waals surface area contributed by atoms with E-state index in [0.717, 1.165) is 0 Å². The van der Waals surface area contributed by atoms with Crippen LogP contribution in [0.4, 0.5) is 4.79 Å². The number of hydrogen-bond acceptors (Lipinski definition) is 5. The number of amides is 3. The summed E-state index contributed by atoms with van der Waals surface area (Å²) in [4.78, 5) is 40.2. The van der Waals surface area contributed by atoms with Gasteiger partial charge in [0.1, 0.15) is 5.60 Å². The molecule has 25 heavy (non-hydrogen) atoms. The van der Waals surface area contributed by atoms with Gasteiger partial charge in [-0.2, -0.15) is 0 Å². The molecule has 0 unspecified atom stereocenters. The molecule has 3 amide bonds. The van der Waals surface area contributed by atoms with E-state index in [9.17, 15) is 19.5 Å². The maximum absolute atomic E-state index is 12.6. The average Bonchev–Trinajstić information content (AvgIpc) is 3.06. The van der Waals surface area contributed by atoms with Gasteiger partial charge in [-0.1, -0.05) is 12.1 Å². The summed E-state index contributed by atoms with van der Waals surface area (Å²) in [7, 11) is 0. The van der Waals surface area contributed by atoms with E-state index in [1.807, 2.05) is 0 Å². The Morgan fingerprint density at radius 2 is 1.76 bits per heavy atom. The number of rotatable bonds is 2. The third kappa shape index (κ3) is 3.11. The lowest BCUT2D eigenvalue weighted by Crippen LogP contribution is -2.44. The van der Waals surface area contributed by atoms with Crippen LogP contribution in [0.1, 0.15) is 47.9 Å². The normalized spacial score (nSPS) is 23.2. The van der Waals surface area contributed by atoms with Gasteiger partial charge in [0, 0.05) is 6.54 Å². The van der Waals surface area contributed by atoms with E-state index in [2.05, 4.69) is 0 Å². The number of likely N-dealkylation sites (tertiary alicyclic amines) is 1. The molecule has 134 valence electrons. The number of hydrogen-bond donors (Lipinski definition) is 1. The predicted octanol–water partition coefficient (Wildman–Crippen LogP) is 1.65. The lowest BCUT2D eigenvalue weighted by Gasteiger charge is -2.28. The standard InChI is InChI=1S/C18H22N2O5/c1-18(2,3)25-17(24)19-9-11(8-12(19)10-21)20-15(22)13-6-4-5-7-14(13)16(20)23/h4-7,11-12,21H,8-10H2,1-3H3/t11-,12-/m1/s1. The zero-order chi connectivity index (χ0) is 18.4. The van der Waals surface area contributed by atoms with Gasteiger partial charge in [-0.25, -0.2) is 4.79 Å². The lowest BCUT2D eigenvalue weighted by molar-refractivity contribution is 0.0166. The maximum atomic E-state index is 12.6. The van der Waals surface area contributed by atoms with Gasteiger partial charge < -0.3 is 14.7 Å². The molecule has 2 atom stereocenters. The summed E-state index contributed by atoms with van der Waals surface area (Å²) in [5.41, 5.74) is 0.0950. The molecule has 0 aliphatic carbocycles. The van der Waals surface area contributed by atoms with Gasteiger partial charge in [0.2, 0.25) is 0 Å². The highest BCUT2D eigenvalue weighted by atomic mass is 16.6. The Hall–Kier alpha value is -2.41. The van der Waals surface area contributed by atoms with Crippen molar-refractivity contribution in [2.45, 2.75) is 44.9 Å². The van der Waals surface area contributed by atoms with Crippen molar-refractivity contribution in [3.63, 3.8) is 0 Å². The molecule has 1 N–H and O–H groups in total. The number of fused-ring (bicyclic) bond motifs is 1. The van der Waals surface area contributed by atoms with Crippen molar-refractivity contribution in [2.24, 2.45) is 0 Å². The Labute approximate surface area is 146 Å². The number of imide groups is 1. The molecule has 2 aliphatic heterocycles. The van der Waals surface area contributed by atoms with E-state index in [1.54, 1.807) is 45.0 Å². The van der Waals surface area contributed by atoms with E-state index < -0.39 is 23.8 Å². The van der Waals surface area contributed by atoms with Crippen molar-refractivity contribution in [3.8, 4) is 0 Å². The van der Waals surface area contributed by atoms with Gasteiger partial charge in [-0.3, -0.25) is 14.5 Å². The lowest BCUT2D eigenvalue weighted by atomic mass is 10.1. The van der Waals surface area contributed by atoms with Crippen molar-refractivity contribution in [1.29, 1.82) is 0 Å². The van der Waals surface area contributed by atoms with Crippen LogP contribution in [-0.2, 0) is 4.74 Å². The minimum atomic E-state index is -0.662. The van der Waals surface area contributed by atoms with Crippen LogP contribution in [0.2, 0.25) is 0 Å². The second kappa shape index (κ2) is 6.15. The van der Waals surface area contributed by atoms with Crippen molar-refractivity contribution >= 4 is 17.9 Å². The molecule has 1 saturated heterocycles. The second-order valence-electron chi connectivity index (χ2n) is 7.38. The Morgan fingerprint density at radius 1 is 1.20 bits per heavy atom. The highest BCUT2D eigenvalue weighted by Crippen LogP contribution is 2.31. The molecule has 0 aromatic heterocycles. The Bertz CT molecular complexity index is 689. The van der Waals surface area contributed by atoms with Crippen LogP contribution in [0.25, 0.3) is 0 Å². The summed E-state index contributed by atoms with van der Waals surface area (Å²) in [5, 5.41) is 9.61. The smallest absolute Gasteiger partial charge is 0.410 e. The SMILES string of the molecule is CC(C)(C)OC(=O)N1C[C@H](N2C(=O)c3ccccc3C2=O)C[C@@H]1CO. The van der Waals surface area contributed by atoms with Gasteiger partial charge in [-0.15, -0.1) is 0 Å². The van der Waals surface area contributed by atoms with Gasteiger partial charge >= 0.3 is 6.09 Å². The van der Waals surface area contributed by atoms with Crippen molar-refractivity contribution in [3.05, 3.63) is 35.4 Å². The van der Waals surface area contributed by atoms with Crippen LogP contribution in [0.3, 0.4) is 0 Å². The first-order chi connectivity index (χ1) is 11.7. The van der Waals surface area contributed by atoms with Crippen LogP contribution in [0.15, 0.2) is 24.3 Å². The van der Waals surface area contributed by atoms with Crippen LogP contribution >= 0.6 is 0 Å². The van der Waals surface area contributed by atoms with Gasteiger partial charge in [0.05, 0.1) is 29.8 Å². The summed E-state index contributed by atoms with van der Waals surface area (Å²) in [6, 6.07) is 5.72. The van der Waals surface area contributed by atoms with E-state index in [1.165, 1.54) is 9.80 Å². The summed E-state index contributed by atoms with van der Waals surface area (Å²) in [5.74, 6) is -0.707. The number of nitrogens with zero attached hydrogens (tertiary/aromatic N) is 2. The number of benzene rings is 1. The molecule has 1 fully saturated rings. The summed E-state index contributed by atoms with van der Waals surface area (Å²) >= 11 is 0. The van der Waals surface area contributed by atoms with E-state index >= 15 is 0 Å². The third-order valence-electron chi connectivity index (χ3n) is 4.42. The zero-order valence-electron chi connectivity index (χ0n) is 14.6. The fourth-order valence-corrected chi connectivity index (χ4v) is 3.34. The molecule has 7 nitrogen and oxygen atoms in total. The number of aliphatic hydroxyl groups excluding tert-OH is 1. The Balaban J connectivity index is 1.80. The van der Waals surface area contributed by atoms with E-state index in [0.29, 0.717) is 17.5 Å². The number of carbonyl (C=O) groups is 3. The van der Waals surface area contributed by atoms with Crippen LogP contribution in [-0.4, -0.2) is 63.7 Å². The van der Waals surface area contributed by atoms with E-state index in [-0.39, 0.29) is 25.0 Å². The largest absolute Gasteiger partial charge is 0.444 e. The highest BCUT2D eigenvalue weighted by Gasteiger charge is 2.46. The second-order valence-corrected chi connectivity index (χ2v) is 7.38. The summed E-state index contributed by atoms with van der Waals surface area (Å²) in [6.07, 6.45) is -0.216. The molecule has 0 saturated carbocycles. The first-order valence-electron chi connectivity index (χ1n) is 8.30. The Morgan fingerprint density at radius 3 is 2.24 bits per heavy atom. The number of ether oxygens (including phenoxy) is 1. The summed E-state index contributed by atoms with van der Waals surface area (Å²) < 4.78 is 5.37. The van der Waals surface area contributed by atoms with Crippen LogP contribution in [0, 0.1) is 0 Å². The first kappa shape index (κ1) is 17.4.